The van der Waals surface area contributed by atoms with Crippen LogP contribution in [0.25, 0.3) is 12.2 Å². The van der Waals surface area contributed by atoms with Crippen molar-refractivity contribution in [3.63, 3.8) is 0 Å². The van der Waals surface area contributed by atoms with Gasteiger partial charge in [-0.25, -0.2) is 0 Å². The fourth-order valence-corrected chi connectivity index (χ4v) is 2.26. The molecule has 0 bridgehead atoms. The standard InChI is InChI=1S/C21H20O6.Li.H3O4P/c1-26-20-11-14(5-9-18(20)24)3-7-16(22)13-17(23)8-4-15-6-10-19(25)21(12-15)27-2;;1-5(2,3)4/h3-12,24-25H,13H2,1-2H3;;(H3,1,2,3,4)/q;+1;/p-1/b7-3+,8-4+;;. The zero-order valence-corrected chi connectivity index (χ0v) is 19.1. The number of aromatic hydroxyl groups is 2. The van der Waals surface area contributed by atoms with Crippen molar-refractivity contribution < 1.29 is 67.4 Å². The molecule has 2 rings (SSSR count). The zero-order chi connectivity index (χ0) is 24.3. The summed E-state index contributed by atoms with van der Waals surface area (Å²) >= 11 is 0. The number of hydrogen-bond donors (Lipinski definition) is 4. The minimum absolute atomic E-state index is 0. The number of carbonyl (C=O) groups is 2. The molecule has 0 fully saturated rings. The summed E-state index contributed by atoms with van der Waals surface area (Å²) in [5, 5.41) is 19.1. The Morgan fingerprint density at radius 2 is 1.21 bits per heavy atom. The van der Waals surface area contributed by atoms with Crippen LogP contribution >= 0.6 is 7.82 Å². The molecule has 0 saturated heterocycles. The van der Waals surface area contributed by atoms with E-state index in [1.54, 1.807) is 36.4 Å². The SMILES string of the molecule is COc1cc(/C=C/C(=O)CC(=O)/C=C/c2ccc(O)c(OC)c2)ccc1O.O=P([O-])(O)O.[Li+]. The quantitative estimate of drug-likeness (QED) is 0.158. The van der Waals surface area contributed by atoms with Crippen LogP contribution in [0.2, 0.25) is 0 Å². The van der Waals surface area contributed by atoms with E-state index in [0.29, 0.717) is 22.6 Å². The van der Waals surface area contributed by atoms with E-state index >= 15 is 0 Å². The molecular weight excluding hydrogens is 450 g/mol. The van der Waals surface area contributed by atoms with E-state index in [9.17, 15) is 19.8 Å². The van der Waals surface area contributed by atoms with Gasteiger partial charge in [0.25, 0.3) is 7.82 Å². The van der Waals surface area contributed by atoms with Crippen LogP contribution in [-0.4, -0.2) is 45.8 Å². The summed E-state index contributed by atoms with van der Waals surface area (Å²) < 4.78 is 18.8. The van der Waals surface area contributed by atoms with Crippen LogP contribution in [0.15, 0.2) is 48.6 Å². The molecule has 0 radical (unpaired) electrons. The third-order valence-electron chi connectivity index (χ3n) is 3.68. The van der Waals surface area contributed by atoms with E-state index in [4.69, 9.17) is 28.7 Å². The third kappa shape index (κ3) is 12.7. The van der Waals surface area contributed by atoms with E-state index in [2.05, 4.69) is 0 Å². The number of rotatable bonds is 8. The fraction of sp³-hybridized carbons (Fsp3) is 0.143. The maximum absolute atomic E-state index is 11.9. The predicted molar refractivity (Wildman–Crippen MR) is 114 cm³/mol. The topological polar surface area (TPSA) is 174 Å². The second kappa shape index (κ2) is 14.3. The summed E-state index contributed by atoms with van der Waals surface area (Å²) in [6.45, 7) is 0. The molecule has 33 heavy (non-hydrogen) atoms. The Morgan fingerprint density at radius 1 is 0.879 bits per heavy atom. The first-order chi connectivity index (χ1) is 14.9. The minimum Gasteiger partial charge on any atom is -0.756 e. The fourth-order valence-electron chi connectivity index (χ4n) is 2.26. The largest absolute Gasteiger partial charge is 1.00 e. The van der Waals surface area contributed by atoms with Crippen LogP contribution in [-0.2, 0) is 14.2 Å². The number of allylic oxidation sites excluding steroid dienone is 2. The molecule has 0 amide bonds. The van der Waals surface area contributed by atoms with Gasteiger partial charge in [-0.15, -0.1) is 0 Å². The van der Waals surface area contributed by atoms with Crippen molar-refractivity contribution in [3.05, 3.63) is 59.7 Å². The van der Waals surface area contributed by atoms with Crippen LogP contribution in [0, 0.1) is 0 Å². The average Bonchev–Trinajstić information content (AvgIpc) is 2.71. The summed E-state index contributed by atoms with van der Waals surface area (Å²) in [6.07, 6.45) is 5.44. The average molecular weight is 472 g/mol. The number of phenolic OH excluding ortho intramolecular Hbond substituents is 2. The third-order valence-corrected chi connectivity index (χ3v) is 3.68. The van der Waals surface area contributed by atoms with Crippen molar-refractivity contribution in [1.82, 2.24) is 0 Å². The Hall–Kier alpha value is -2.83. The van der Waals surface area contributed by atoms with Crippen molar-refractivity contribution >= 4 is 31.5 Å². The Bertz CT molecular complexity index is 977. The van der Waals surface area contributed by atoms with Crippen LogP contribution in [0.3, 0.4) is 0 Å². The van der Waals surface area contributed by atoms with Gasteiger partial charge in [0, 0.05) is 0 Å². The van der Waals surface area contributed by atoms with Gasteiger partial charge < -0.3 is 34.4 Å². The number of phenols is 2. The van der Waals surface area contributed by atoms with Gasteiger partial charge in [-0.1, -0.05) is 24.3 Å². The van der Waals surface area contributed by atoms with Gasteiger partial charge >= 0.3 is 18.9 Å². The molecule has 0 aliphatic carbocycles. The smallest absolute Gasteiger partial charge is 0.756 e. The maximum Gasteiger partial charge on any atom is 1.00 e. The molecule has 0 unspecified atom stereocenters. The number of benzene rings is 2. The maximum atomic E-state index is 11.9. The molecule has 172 valence electrons. The Kier molecular flexibility index (Phi) is 13.1. The Balaban J connectivity index is 0.00000154. The molecule has 0 atom stereocenters. The van der Waals surface area contributed by atoms with Crippen molar-refractivity contribution in [2.45, 2.75) is 6.42 Å². The molecule has 0 aliphatic heterocycles. The Morgan fingerprint density at radius 3 is 1.52 bits per heavy atom. The van der Waals surface area contributed by atoms with Gasteiger partial charge in [0.1, 0.15) is 0 Å². The van der Waals surface area contributed by atoms with Gasteiger partial charge in [0.15, 0.2) is 34.6 Å². The van der Waals surface area contributed by atoms with Crippen molar-refractivity contribution in [2.24, 2.45) is 0 Å². The molecule has 0 aliphatic rings. The normalized spacial score (nSPS) is 10.8. The van der Waals surface area contributed by atoms with Crippen molar-refractivity contribution in [1.29, 1.82) is 0 Å². The molecule has 12 heteroatoms. The first kappa shape index (κ1) is 30.2. The number of phosphoric acid groups is 1. The first-order valence-corrected chi connectivity index (χ1v) is 10.4. The molecule has 0 aromatic heterocycles. The molecule has 2 aromatic rings. The van der Waals surface area contributed by atoms with Gasteiger partial charge in [0.2, 0.25) is 0 Å². The zero-order valence-electron chi connectivity index (χ0n) is 18.2. The van der Waals surface area contributed by atoms with Crippen molar-refractivity contribution in [2.75, 3.05) is 14.2 Å². The van der Waals surface area contributed by atoms with Gasteiger partial charge in [0.05, 0.1) is 20.6 Å². The number of hydrogen-bond acceptors (Lipinski definition) is 8. The number of ketones is 2. The van der Waals surface area contributed by atoms with E-state index < -0.39 is 7.82 Å². The molecular formula is C21H22LiO10P. The molecule has 2 aromatic carbocycles. The molecule has 4 N–H and O–H groups in total. The molecule has 0 heterocycles. The van der Waals surface area contributed by atoms with Gasteiger partial charge in [-0.2, -0.15) is 0 Å². The number of methoxy groups -OCH3 is 2. The Labute approximate surface area is 202 Å². The van der Waals surface area contributed by atoms with Crippen LogP contribution in [0.4, 0.5) is 0 Å². The summed E-state index contributed by atoms with van der Waals surface area (Å²) in [7, 11) is -2.02. The molecule has 0 saturated carbocycles. The molecule has 0 spiro atoms. The second-order valence-corrected chi connectivity index (χ2v) is 7.11. The number of ether oxygens (including phenoxy) is 2. The summed E-state index contributed by atoms with van der Waals surface area (Å²) in [5.41, 5.74) is 1.33. The molecule has 10 nitrogen and oxygen atoms in total. The van der Waals surface area contributed by atoms with Crippen LogP contribution < -0.4 is 33.2 Å². The van der Waals surface area contributed by atoms with E-state index in [-0.39, 0.29) is 48.3 Å². The van der Waals surface area contributed by atoms with E-state index in [0.717, 1.165) is 0 Å². The predicted octanol–water partition coefficient (Wildman–Crippen LogP) is -1.19. The van der Waals surface area contributed by atoms with Crippen LogP contribution in [0.1, 0.15) is 17.5 Å². The van der Waals surface area contributed by atoms with E-state index in [1.165, 1.54) is 38.5 Å². The van der Waals surface area contributed by atoms with Crippen molar-refractivity contribution in [3.8, 4) is 23.0 Å². The first-order valence-electron chi connectivity index (χ1n) is 8.85. The van der Waals surface area contributed by atoms with Gasteiger partial charge in [-0.05, 0) is 47.5 Å². The summed E-state index contributed by atoms with van der Waals surface area (Å²) in [5.74, 6) is -0.0832. The second-order valence-electron chi connectivity index (χ2n) is 6.13. The summed E-state index contributed by atoms with van der Waals surface area (Å²) in [6, 6.07) is 9.34. The van der Waals surface area contributed by atoms with E-state index in [1.807, 2.05) is 0 Å². The van der Waals surface area contributed by atoms with Crippen LogP contribution in [0.5, 0.6) is 23.0 Å². The number of carbonyl (C=O) groups excluding carboxylic acids is 2. The monoisotopic (exact) mass is 472 g/mol. The van der Waals surface area contributed by atoms with Gasteiger partial charge in [-0.3, -0.25) is 14.2 Å². The summed E-state index contributed by atoms with van der Waals surface area (Å²) in [4.78, 5) is 46.8. The minimum atomic E-state index is -4.89.